The van der Waals surface area contributed by atoms with Crippen molar-refractivity contribution in [2.75, 3.05) is 13.1 Å². The first-order chi connectivity index (χ1) is 10.1. The van der Waals surface area contributed by atoms with E-state index in [1.165, 1.54) is 11.0 Å². The lowest BCUT2D eigenvalue weighted by molar-refractivity contribution is -0.137. The van der Waals surface area contributed by atoms with Crippen LogP contribution in [0.25, 0.3) is 0 Å². The lowest BCUT2D eigenvalue weighted by atomic mass is 10.1. The Labute approximate surface area is 122 Å². The summed E-state index contributed by atoms with van der Waals surface area (Å²) in [5, 5.41) is 12.6. The van der Waals surface area contributed by atoms with Crippen LogP contribution < -0.4 is 0 Å². The Morgan fingerprint density at radius 1 is 1.29 bits per heavy atom. The second-order valence-electron chi connectivity index (χ2n) is 4.69. The number of rotatable bonds is 6. The van der Waals surface area contributed by atoms with Gasteiger partial charge in [0, 0.05) is 12.6 Å². The lowest BCUT2D eigenvalue weighted by Gasteiger charge is -2.19. The number of hydrogen-bond donors (Lipinski definition) is 1. The van der Waals surface area contributed by atoms with Gasteiger partial charge in [-0.15, -0.1) is 0 Å². The molecule has 1 heterocycles. The SMILES string of the molecule is Cc1cc(C(=O)N(CCc2ccccc2)CC(=O)O)on1. The van der Waals surface area contributed by atoms with Gasteiger partial charge in [0.15, 0.2) is 0 Å². The van der Waals surface area contributed by atoms with Gasteiger partial charge in [-0.1, -0.05) is 35.5 Å². The van der Waals surface area contributed by atoms with Crippen LogP contribution in [-0.4, -0.2) is 40.1 Å². The van der Waals surface area contributed by atoms with Crippen molar-refractivity contribution in [2.45, 2.75) is 13.3 Å². The molecule has 0 aliphatic carbocycles. The number of carbonyl (C=O) groups is 2. The van der Waals surface area contributed by atoms with Gasteiger partial charge in [-0.2, -0.15) is 0 Å². The van der Waals surface area contributed by atoms with Crippen LogP contribution in [0.3, 0.4) is 0 Å². The summed E-state index contributed by atoms with van der Waals surface area (Å²) >= 11 is 0. The lowest BCUT2D eigenvalue weighted by Crippen LogP contribution is -2.37. The highest BCUT2D eigenvalue weighted by Gasteiger charge is 2.21. The molecule has 0 bridgehead atoms. The molecule has 6 heteroatoms. The fourth-order valence-electron chi connectivity index (χ4n) is 1.94. The maximum Gasteiger partial charge on any atom is 0.323 e. The van der Waals surface area contributed by atoms with Gasteiger partial charge in [-0.3, -0.25) is 9.59 Å². The number of amides is 1. The highest BCUT2D eigenvalue weighted by atomic mass is 16.5. The first-order valence-corrected chi connectivity index (χ1v) is 6.54. The van der Waals surface area contributed by atoms with Crippen molar-refractivity contribution < 1.29 is 19.2 Å². The smallest absolute Gasteiger partial charge is 0.323 e. The molecular formula is C15H16N2O4. The molecule has 0 aliphatic rings. The summed E-state index contributed by atoms with van der Waals surface area (Å²) in [4.78, 5) is 24.4. The van der Waals surface area contributed by atoms with Crippen LogP contribution in [0.15, 0.2) is 40.9 Å². The minimum absolute atomic E-state index is 0.0572. The van der Waals surface area contributed by atoms with E-state index < -0.39 is 11.9 Å². The van der Waals surface area contributed by atoms with Crippen LogP contribution in [0.5, 0.6) is 0 Å². The normalized spacial score (nSPS) is 10.3. The van der Waals surface area contributed by atoms with Gasteiger partial charge in [0.1, 0.15) is 6.54 Å². The molecule has 0 radical (unpaired) electrons. The van der Waals surface area contributed by atoms with Gasteiger partial charge >= 0.3 is 5.97 Å². The predicted molar refractivity (Wildman–Crippen MR) is 74.9 cm³/mol. The zero-order chi connectivity index (χ0) is 15.2. The quantitative estimate of drug-likeness (QED) is 0.875. The minimum atomic E-state index is -1.06. The van der Waals surface area contributed by atoms with Gasteiger partial charge in [0.2, 0.25) is 5.76 Å². The Bertz CT molecular complexity index is 622. The molecular weight excluding hydrogens is 272 g/mol. The van der Waals surface area contributed by atoms with Crippen molar-refractivity contribution in [3.8, 4) is 0 Å². The minimum Gasteiger partial charge on any atom is -0.480 e. The summed E-state index contributed by atoms with van der Waals surface area (Å²) in [5.41, 5.74) is 1.62. The molecule has 2 rings (SSSR count). The van der Waals surface area contributed by atoms with E-state index in [-0.39, 0.29) is 12.3 Å². The van der Waals surface area contributed by atoms with Crippen LogP contribution in [0.2, 0.25) is 0 Å². The van der Waals surface area contributed by atoms with E-state index in [0.717, 1.165) is 5.56 Å². The second kappa shape index (κ2) is 6.69. The molecule has 0 fully saturated rings. The summed E-state index contributed by atoms with van der Waals surface area (Å²) in [6, 6.07) is 11.1. The first-order valence-electron chi connectivity index (χ1n) is 6.54. The summed E-state index contributed by atoms with van der Waals surface area (Å²) in [6.45, 7) is 1.63. The zero-order valence-corrected chi connectivity index (χ0v) is 11.7. The zero-order valence-electron chi connectivity index (χ0n) is 11.7. The molecule has 110 valence electrons. The summed E-state index contributed by atoms with van der Waals surface area (Å²) in [7, 11) is 0. The largest absolute Gasteiger partial charge is 0.480 e. The Morgan fingerprint density at radius 3 is 2.57 bits per heavy atom. The van der Waals surface area contributed by atoms with Crippen LogP contribution in [0.1, 0.15) is 21.8 Å². The highest BCUT2D eigenvalue weighted by molar-refractivity contribution is 5.93. The summed E-state index contributed by atoms with van der Waals surface area (Å²) in [6.07, 6.45) is 0.576. The summed E-state index contributed by atoms with van der Waals surface area (Å²) < 4.78 is 4.91. The van der Waals surface area contributed by atoms with Gasteiger partial charge in [-0.05, 0) is 18.9 Å². The van der Waals surface area contributed by atoms with Crippen molar-refractivity contribution in [3.63, 3.8) is 0 Å². The van der Waals surface area contributed by atoms with Gasteiger partial charge in [0.25, 0.3) is 5.91 Å². The third kappa shape index (κ3) is 4.17. The van der Waals surface area contributed by atoms with E-state index >= 15 is 0 Å². The van der Waals surface area contributed by atoms with Crippen molar-refractivity contribution >= 4 is 11.9 Å². The number of hydrogen-bond acceptors (Lipinski definition) is 4. The molecule has 0 atom stereocenters. The molecule has 0 unspecified atom stereocenters. The molecule has 0 spiro atoms. The van der Waals surface area contributed by atoms with Crippen molar-refractivity contribution in [2.24, 2.45) is 0 Å². The fraction of sp³-hybridized carbons (Fsp3) is 0.267. The fourth-order valence-corrected chi connectivity index (χ4v) is 1.94. The van der Waals surface area contributed by atoms with Crippen LogP contribution in [-0.2, 0) is 11.2 Å². The van der Waals surface area contributed by atoms with E-state index in [9.17, 15) is 9.59 Å². The number of aryl methyl sites for hydroxylation is 1. The number of nitrogens with zero attached hydrogens (tertiary/aromatic N) is 2. The standard InChI is InChI=1S/C15H16N2O4/c1-11-9-13(21-16-11)15(20)17(10-14(18)19)8-7-12-5-3-2-4-6-12/h2-6,9H,7-8,10H2,1H3,(H,18,19). The number of aliphatic carboxylic acids is 1. The number of benzene rings is 1. The van der Waals surface area contributed by atoms with E-state index in [0.29, 0.717) is 18.7 Å². The van der Waals surface area contributed by atoms with E-state index in [1.807, 2.05) is 30.3 Å². The maximum atomic E-state index is 12.2. The van der Waals surface area contributed by atoms with E-state index in [2.05, 4.69) is 5.16 Å². The third-order valence-electron chi connectivity index (χ3n) is 2.97. The van der Waals surface area contributed by atoms with Gasteiger partial charge < -0.3 is 14.5 Å². The molecule has 1 aromatic heterocycles. The Morgan fingerprint density at radius 2 is 2.00 bits per heavy atom. The topological polar surface area (TPSA) is 83.6 Å². The number of aromatic nitrogens is 1. The maximum absolute atomic E-state index is 12.2. The van der Waals surface area contributed by atoms with Crippen LogP contribution >= 0.6 is 0 Å². The molecule has 6 nitrogen and oxygen atoms in total. The second-order valence-corrected chi connectivity index (χ2v) is 4.69. The van der Waals surface area contributed by atoms with Gasteiger partial charge in [-0.25, -0.2) is 0 Å². The Balaban J connectivity index is 2.07. The highest BCUT2D eigenvalue weighted by Crippen LogP contribution is 2.09. The Kier molecular flexibility index (Phi) is 4.71. The van der Waals surface area contributed by atoms with E-state index in [1.54, 1.807) is 6.92 Å². The number of carbonyl (C=O) groups excluding carboxylic acids is 1. The molecule has 1 amide bonds. The molecule has 21 heavy (non-hydrogen) atoms. The monoisotopic (exact) mass is 288 g/mol. The Hall–Kier alpha value is -2.63. The van der Waals surface area contributed by atoms with Crippen LogP contribution in [0.4, 0.5) is 0 Å². The molecule has 2 aromatic rings. The van der Waals surface area contributed by atoms with Crippen molar-refractivity contribution in [3.05, 3.63) is 53.4 Å². The molecule has 1 N–H and O–H groups in total. The first kappa shape index (κ1) is 14.8. The average Bonchev–Trinajstić information content (AvgIpc) is 2.90. The molecule has 0 aliphatic heterocycles. The van der Waals surface area contributed by atoms with Gasteiger partial charge in [0.05, 0.1) is 5.69 Å². The number of carboxylic acid groups (broad SMARTS) is 1. The molecule has 0 saturated carbocycles. The molecule has 1 aromatic carbocycles. The van der Waals surface area contributed by atoms with Crippen LogP contribution in [0, 0.1) is 6.92 Å². The van der Waals surface area contributed by atoms with Crippen molar-refractivity contribution in [1.29, 1.82) is 0 Å². The predicted octanol–water partition coefficient (Wildman–Crippen LogP) is 1.75. The van der Waals surface area contributed by atoms with Crippen molar-refractivity contribution in [1.82, 2.24) is 10.1 Å². The summed E-state index contributed by atoms with van der Waals surface area (Å²) in [5.74, 6) is -1.47. The van der Waals surface area contributed by atoms with E-state index in [4.69, 9.17) is 9.63 Å². The average molecular weight is 288 g/mol. The molecule has 0 saturated heterocycles. The third-order valence-corrected chi connectivity index (χ3v) is 2.97. The number of carboxylic acids is 1.